The third-order valence-electron chi connectivity index (χ3n) is 5.14. The molecule has 0 amide bonds. The Morgan fingerprint density at radius 1 is 1.17 bits per heavy atom. The predicted octanol–water partition coefficient (Wildman–Crippen LogP) is 3.10. The molecule has 1 unspecified atom stereocenters. The van der Waals surface area contributed by atoms with Gasteiger partial charge in [0.05, 0.1) is 14.2 Å². The van der Waals surface area contributed by atoms with Crippen LogP contribution in [0.1, 0.15) is 17.5 Å². The van der Waals surface area contributed by atoms with Crippen molar-refractivity contribution in [3.63, 3.8) is 0 Å². The zero-order valence-corrected chi connectivity index (χ0v) is 17.5. The zero-order chi connectivity index (χ0) is 20.8. The van der Waals surface area contributed by atoms with Crippen molar-refractivity contribution >= 4 is 11.6 Å². The van der Waals surface area contributed by atoms with Gasteiger partial charge in [0.25, 0.3) is 0 Å². The van der Waals surface area contributed by atoms with Crippen LogP contribution in [0.4, 0.5) is 10.1 Å². The summed E-state index contributed by atoms with van der Waals surface area (Å²) in [5.74, 6) is 2.11. The molecule has 0 aromatic heterocycles. The van der Waals surface area contributed by atoms with Crippen LogP contribution in [-0.2, 0) is 6.54 Å². The van der Waals surface area contributed by atoms with Crippen molar-refractivity contribution in [2.75, 3.05) is 39.3 Å². The second-order valence-corrected chi connectivity index (χ2v) is 7.16. The summed E-state index contributed by atoms with van der Waals surface area (Å²) in [6.45, 7) is 4.14. The molecular formula is C22H29FN4O2. The summed E-state index contributed by atoms with van der Waals surface area (Å²) in [4.78, 5) is 6.63. The molecule has 1 heterocycles. The number of benzene rings is 2. The Bertz CT molecular complexity index is 850. The zero-order valence-electron chi connectivity index (χ0n) is 17.5. The van der Waals surface area contributed by atoms with Crippen molar-refractivity contribution in [2.45, 2.75) is 25.9 Å². The maximum atomic E-state index is 13.4. The van der Waals surface area contributed by atoms with Crippen LogP contribution in [0.25, 0.3) is 0 Å². The molecule has 6 nitrogen and oxygen atoms in total. The third-order valence-corrected chi connectivity index (χ3v) is 5.14. The summed E-state index contributed by atoms with van der Waals surface area (Å²) in [7, 11) is 5.07. The second-order valence-electron chi connectivity index (χ2n) is 7.16. The van der Waals surface area contributed by atoms with Crippen molar-refractivity contribution < 1.29 is 13.9 Å². The first-order valence-electron chi connectivity index (χ1n) is 9.72. The number of aliphatic imine (C=N–C) groups is 1. The molecule has 1 atom stereocenters. The molecule has 0 bridgehead atoms. The van der Waals surface area contributed by atoms with E-state index in [0.29, 0.717) is 12.1 Å². The van der Waals surface area contributed by atoms with Crippen LogP contribution in [0.3, 0.4) is 0 Å². The SMILES string of the molecule is CN=C(NCc1ccc(F)c(C)c1)NC1CCN(c2cc(OC)cc(OC)c2)C1. The topological polar surface area (TPSA) is 58.1 Å². The minimum Gasteiger partial charge on any atom is -0.497 e. The number of methoxy groups -OCH3 is 2. The maximum Gasteiger partial charge on any atom is 0.191 e. The molecule has 156 valence electrons. The molecule has 0 aliphatic carbocycles. The Hall–Kier alpha value is -2.96. The lowest BCUT2D eigenvalue weighted by molar-refractivity contribution is 0.394. The Morgan fingerprint density at radius 3 is 2.52 bits per heavy atom. The van der Waals surface area contributed by atoms with Gasteiger partial charge in [-0.2, -0.15) is 0 Å². The van der Waals surface area contributed by atoms with E-state index in [2.05, 4.69) is 20.5 Å². The largest absolute Gasteiger partial charge is 0.497 e. The molecule has 0 spiro atoms. The summed E-state index contributed by atoms with van der Waals surface area (Å²) < 4.78 is 24.2. The Kier molecular flexibility index (Phi) is 6.80. The van der Waals surface area contributed by atoms with Crippen LogP contribution in [-0.4, -0.2) is 46.4 Å². The number of halogens is 1. The highest BCUT2D eigenvalue weighted by atomic mass is 19.1. The van der Waals surface area contributed by atoms with E-state index >= 15 is 0 Å². The second kappa shape index (κ2) is 9.49. The summed E-state index contributed by atoms with van der Waals surface area (Å²) in [6.07, 6.45) is 0.996. The molecule has 3 rings (SSSR count). The van der Waals surface area contributed by atoms with E-state index in [9.17, 15) is 4.39 Å². The Balaban J connectivity index is 1.57. The highest BCUT2D eigenvalue weighted by molar-refractivity contribution is 5.80. The van der Waals surface area contributed by atoms with E-state index in [-0.39, 0.29) is 11.9 Å². The lowest BCUT2D eigenvalue weighted by Gasteiger charge is -2.21. The van der Waals surface area contributed by atoms with E-state index in [4.69, 9.17) is 9.47 Å². The van der Waals surface area contributed by atoms with E-state index in [0.717, 1.165) is 48.2 Å². The number of nitrogens with zero attached hydrogens (tertiary/aromatic N) is 2. The first-order chi connectivity index (χ1) is 14.0. The molecule has 1 fully saturated rings. The van der Waals surface area contributed by atoms with Crippen molar-refractivity contribution in [1.29, 1.82) is 0 Å². The fourth-order valence-electron chi connectivity index (χ4n) is 3.48. The van der Waals surface area contributed by atoms with Crippen LogP contribution in [0, 0.1) is 12.7 Å². The quantitative estimate of drug-likeness (QED) is 0.577. The van der Waals surface area contributed by atoms with Gasteiger partial charge in [0.1, 0.15) is 17.3 Å². The Labute approximate surface area is 171 Å². The van der Waals surface area contributed by atoms with Gasteiger partial charge >= 0.3 is 0 Å². The molecule has 7 heteroatoms. The standard InChI is InChI=1S/C22H29FN4O2/c1-15-9-16(5-6-21(15)23)13-25-22(24-2)26-17-7-8-27(14-17)18-10-19(28-3)12-20(11-18)29-4/h5-6,9-12,17H,7-8,13-14H2,1-4H3,(H2,24,25,26). The van der Waals surface area contributed by atoms with Gasteiger partial charge in [0, 0.05) is 56.6 Å². The smallest absolute Gasteiger partial charge is 0.191 e. The van der Waals surface area contributed by atoms with Crippen molar-refractivity contribution in [3.05, 3.63) is 53.3 Å². The van der Waals surface area contributed by atoms with Gasteiger partial charge in [-0.05, 0) is 30.5 Å². The molecule has 29 heavy (non-hydrogen) atoms. The van der Waals surface area contributed by atoms with Gasteiger partial charge in [-0.25, -0.2) is 4.39 Å². The van der Waals surface area contributed by atoms with Crippen LogP contribution >= 0.6 is 0 Å². The number of rotatable bonds is 6. The molecule has 2 aromatic carbocycles. The molecule has 2 aromatic rings. The number of guanidine groups is 1. The summed E-state index contributed by atoms with van der Waals surface area (Å²) in [6, 6.07) is 11.3. The van der Waals surface area contributed by atoms with E-state index in [1.54, 1.807) is 34.3 Å². The van der Waals surface area contributed by atoms with Gasteiger partial charge < -0.3 is 25.0 Å². The van der Waals surface area contributed by atoms with E-state index in [1.807, 2.05) is 24.3 Å². The third kappa shape index (κ3) is 5.31. The monoisotopic (exact) mass is 400 g/mol. The molecule has 1 aliphatic rings. The van der Waals surface area contributed by atoms with Crippen LogP contribution in [0.15, 0.2) is 41.4 Å². The summed E-state index contributed by atoms with van der Waals surface area (Å²) in [5.41, 5.74) is 2.74. The normalized spacial score (nSPS) is 16.7. The number of hydrogen-bond acceptors (Lipinski definition) is 4. The van der Waals surface area contributed by atoms with Gasteiger partial charge in [-0.1, -0.05) is 12.1 Å². The van der Waals surface area contributed by atoms with Crippen molar-refractivity contribution in [1.82, 2.24) is 10.6 Å². The fourth-order valence-corrected chi connectivity index (χ4v) is 3.48. The number of aryl methyl sites for hydroxylation is 1. The average molecular weight is 400 g/mol. The molecule has 1 aliphatic heterocycles. The molecule has 0 saturated carbocycles. The summed E-state index contributed by atoms with van der Waals surface area (Å²) >= 11 is 0. The van der Waals surface area contributed by atoms with Crippen LogP contribution in [0.5, 0.6) is 11.5 Å². The minimum atomic E-state index is -0.184. The summed E-state index contributed by atoms with van der Waals surface area (Å²) in [5, 5.41) is 6.79. The fraction of sp³-hybridized carbons (Fsp3) is 0.409. The molecule has 1 saturated heterocycles. The molecular weight excluding hydrogens is 371 g/mol. The number of nitrogens with one attached hydrogen (secondary N) is 2. The van der Waals surface area contributed by atoms with Crippen molar-refractivity contribution in [2.24, 2.45) is 4.99 Å². The maximum absolute atomic E-state index is 13.4. The first kappa shape index (κ1) is 20.8. The average Bonchev–Trinajstić information content (AvgIpc) is 3.21. The van der Waals surface area contributed by atoms with Crippen LogP contribution in [0.2, 0.25) is 0 Å². The highest BCUT2D eigenvalue weighted by Crippen LogP contribution is 2.30. The van der Waals surface area contributed by atoms with Gasteiger partial charge in [0.2, 0.25) is 0 Å². The lowest BCUT2D eigenvalue weighted by atomic mass is 10.1. The van der Waals surface area contributed by atoms with Gasteiger partial charge in [-0.15, -0.1) is 0 Å². The van der Waals surface area contributed by atoms with E-state index < -0.39 is 0 Å². The van der Waals surface area contributed by atoms with E-state index in [1.165, 1.54) is 6.07 Å². The Morgan fingerprint density at radius 2 is 1.90 bits per heavy atom. The first-order valence-corrected chi connectivity index (χ1v) is 9.72. The molecule has 2 N–H and O–H groups in total. The lowest BCUT2D eigenvalue weighted by Crippen LogP contribution is -2.44. The van der Waals surface area contributed by atoms with Crippen molar-refractivity contribution in [3.8, 4) is 11.5 Å². The highest BCUT2D eigenvalue weighted by Gasteiger charge is 2.24. The predicted molar refractivity (Wildman–Crippen MR) is 115 cm³/mol. The van der Waals surface area contributed by atoms with Gasteiger partial charge in [0.15, 0.2) is 5.96 Å². The number of ether oxygens (including phenoxy) is 2. The number of anilines is 1. The van der Waals surface area contributed by atoms with Gasteiger partial charge in [-0.3, -0.25) is 4.99 Å². The van der Waals surface area contributed by atoms with Crippen LogP contribution < -0.4 is 25.0 Å². The minimum absolute atomic E-state index is 0.184. The number of hydrogen-bond donors (Lipinski definition) is 2. The molecule has 0 radical (unpaired) electrons.